The third kappa shape index (κ3) is 6.68. The van der Waals surface area contributed by atoms with Crippen molar-refractivity contribution in [3.8, 4) is 5.75 Å². The van der Waals surface area contributed by atoms with E-state index in [1.807, 2.05) is 24.3 Å². The van der Waals surface area contributed by atoms with Gasteiger partial charge in [0.15, 0.2) is 0 Å². The van der Waals surface area contributed by atoms with E-state index in [0.717, 1.165) is 56.3 Å². The molecule has 4 heteroatoms. The smallest absolute Gasteiger partial charge is 0.224 e. The number of carbonyl (C=O) groups excluding carboxylic acids is 1. The molecule has 31 heavy (non-hydrogen) atoms. The quantitative estimate of drug-likeness (QED) is 0.430. The normalized spacial score (nSPS) is 19.4. The highest BCUT2D eigenvalue weighted by atomic mass is 16.5. The minimum absolute atomic E-state index is 0.0625. The van der Waals surface area contributed by atoms with Gasteiger partial charge in [-0.1, -0.05) is 55.8 Å². The molecule has 1 fully saturated rings. The molecule has 0 aromatic heterocycles. The fourth-order valence-corrected chi connectivity index (χ4v) is 4.90. The standard InChI is InChI=1S/C27H36N2O2/c1-3-9-24(28)23(18-20-10-5-4-6-11-20)22-16-14-21(15-17-22)19-27(30)29-25-12-7-8-13-26(25)31-2/h4-8,10-13,21-23,28H,3,9,14-19H2,1-2H3,(H,29,30). The Morgan fingerprint density at radius 1 is 1.06 bits per heavy atom. The lowest BCUT2D eigenvalue weighted by Gasteiger charge is -2.34. The van der Waals surface area contributed by atoms with Crippen molar-refractivity contribution in [2.24, 2.45) is 17.8 Å². The Morgan fingerprint density at radius 2 is 1.74 bits per heavy atom. The second kappa shape index (κ2) is 11.7. The average molecular weight is 421 g/mol. The molecule has 0 aliphatic heterocycles. The SMILES string of the molecule is CCCC(=N)C(Cc1ccccc1)C1CCC(CC(=O)Nc2ccccc2OC)CC1. The maximum absolute atomic E-state index is 12.6. The zero-order valence-electron chi connectivity index (χ0n) is 18.9. The molecule has 1 amide bonds. The second-order valence-electron chi connectivity index (χ2n) is 8.80. The topological polar surface area (TPSA) is 62.2 Å². The summed E-state index contributed by atoms with van der Waals surface area (Å²) in [6.45, 7) is 2.16. The van der Waals surface area contributed by atoms with Gasteiger partial charge in [0.05, 0.1) is 12.8 Å². The lowest BCUT2D eigenvalue weighted by Crippen LogP contribution is -2.30. The minimum Gasteiger partial charge on any atom is -0.495 e. The van der Waals surface area contributed by atoms with E-state index in [1.54, 1.807) is 7.11 Å². The van der Waals surface area contributed by atoms with Gasteiger partial charge in [-0.3, -0.25) is 4.79 Å². The van der Waals surface area contributed by atoms with Gasteiger partial charge < -0.3 is 15.5 Å². The summed E-state index contributed by atoms with van der Waals surface area (Å²) in [4.78, 5) is 12.6. The molecular weight excluding hydrogens is 384 g/mol. The zero-order chi connectivity index (χ0) is 22.1. The van der Waals surface area contributed by atoms with E-state index in [9.17, 15) is 4.79 Å². The number of methoxy groups -OCH3 is 1. The first-order valence-corrected chi connectivity index (χ1v) is 11.6. The fraction of sp³-hybridized carbons (Fsp3) is 0.481. The number of hydrogen-bond acceptors (Lipinski definition) is 3. The van der Waals surface area contributed by atoms with E-state index >= 15 is 0 Å². The van der Waals surface area contributed by atoms with Gasteiger partial charge in [0.1, 0.15) is 5.75 Å². The number of rotatable bonds is 10. The summed E-state index contributed by atoms with van der Waals surface area (Å²) in [6, 6.07) is 18.1. The van der Waals surface area contributed by atoms with Crippen molar-refractivity contribution in [1.82, 2.24) is 0 Å². The van der Waals surface area contributed by atoms with Gasteiger partial charge in [-0.25, -0.2) is 0 Å². The molecule has 0 heterocycles. The molecule has 2 aromatic carbocycles. The van der Waals surface area contributed by atoms with Crippen molar-refractivity contribution in [2.75, 3.05) is 12.4 Å². The van der Waals surface area contributed by atoms with Crippen LogP contribution in [0.15, 0.2) is 54.6 Å². The number of carbonyl (C=O) groups is 1. The molecule has 2 N–H and O–H groups in total. The summed E-state index contributed by atoms with van der Waals surface area (Å²) >= 11 is 0. The first-order valence-electron chi connectivity index (χ1n) is 11.6. The third-order valence-electron chi connectivity index (χ3n) is 6.58. The van der Waals surface area contributed by atoms with Crippen LogP contribution in [0.3, 0.4) is 0 Å². The average Bonchev–Trinajstić information content (AvgIpc) is 2.79. The van der Waals surface area contributed by atoms with Crippen LogP contribution in [0.25, 0.3) is 0 Å². The lowest BCUT2D eigenvalue weighted by molar-refractivity contribution is -0.117. The number of ether oxygens (including phenoxy) is 1. The van der Waals surface area contributed by atoms with Crippen LogP contribution in [0.5, 0.6) is 5.75 Å². The van der Waals surface area contributed by atoms with E-state index < -0.39 is 0 Å². The van der Waals surface area contributed by atoms with Crippen molar-refractivity contribution in [3.63, 3.8) is 0 Å². The van der Waals surface area contributed by atoms with Gasteiger partial charge in [0.2, 0.25) is 5.91 Å². The Hall–Kier alpha value is -2.62. The summed E-state index contributed by atoms with van der Waals surface area (Å²) in [5.74, 6) is 2.05. The van der Waals surface area contributed by atoms with Gasteiger partial charge in [-0.15, -0.1) is 0 Å². The summed E-state index contributed by atoms with van der Waals surface area (Å²) in [6.07, 6.45) is 7.78. The van der Waals surface area contributed by atoms with Crippen molar-refractivity contribution in [1.29, 1.82) is 5.41 Å². The van der Waals surface area contributed by atoms with Crippen LogP contribution in [0.4, 0.5) is 5.69 Å². The van der Waals surface area contributed by atoms with Crippen molar-refractivity contribution in [2.45, 2.75) is 58.3 Å². The van der Waals surface area contributed by atoms with Crippen LogP contribution in [0.2, 0.25) is 0 Å². The van der Waals surface area contributed by atoms with Gasteiger partial charge in [0.25, 0.3) is 0 Å². The molecular formula is C27H36N2O2. The molecule has 4 nitrogen and oxygen atoms in total. The number of amides is 1. The molecule has 1 aliphatic rings. The van der Waals surface area contributed by atoms with E-state index in [1.165, 1.54) is 5.56 Å². The monoisotopic (exact) mass is 420 g/mol. The van der Waals surface area contributed by atoms with E-state index in [-0.39, 0.29) is 5.91 Å². The van der Waals surface area contributed by atoms with Crippen molar-refractivity contribution >= 4 is 17.3 Å². The van der Waals surface area contributed by atoms with Crippen LogP contribution in [-0.4, -0.2) is 18.7 Å². The highest BCUT2D eigenvalue weighted by Gasteiger charge is 2.30. The Balaban J connectivity index is 1.54. The molecule has 1 unspecified atom stereocenters. The summed E-state index contributed by atoms with van der Waals surface area (Å²) in [5.41, 5.74) is 2.97. The molecule has 2 aromatic rings. The number of hydrogen-bond donors (Lipinski definition) is 2. The highest BCUT2D eigenvalue weighted by molar-refractivity contribution is 5.92. The summed E-state index contributed by atoms with van der Waals surface area (Å²) in [7, 11) is 1.62. The predicted molar refractivity (Wildman–Crippen MR) is 128 cm³/mol. The molecule has 0 bridgehead atoms. The fourth-order valence-electron chi connectivity index (χ4n) is 4.90. The Bertz CT molecular complexity index is 841. The predicted octanol–water partition coefficient (Wildman–Crippen LogP) is 6.51. The highest BCUT2D eigenvalue weighted by Crippen LogP contribution is 2.37. The Morgan fingerprint density at radius 3 is 2.42 bits per heavy atom. The van der Waals surface area contributed by atoms with Gasteiger partial charge >= 0.3 is 0 Å². The first kappa shape index (κ1) is 23.1. The molecule has 1 saturated carbocycles. The minimum atomic E-state index is 0.0625. The van der Waals surface area contributed by atoms with Crippen LogP contribution >= 0.6 is 0 Å². The number of nitrogens with one attached hydrogen (secondary N) is 2. The number of para-hydroxylation sites is 2. The first-order chi connectivity index (χ1) is 15.1. The Labute approximate surface area is 186 Å². The second-order valence-corrected chi connectivity index (χ2v) is 8.80. The molecule has 0 saturated heterocycles. The van der Waals surface area contributed by atoms with E-state index in [2.05, 4.69) is 42.6 Å². The maximum Gasteiger partial charge on any atom is 0.224 e. The molecule has 0 spiro atoms. The number of anilines is 1. The van der Waals surface area contributed by atoms with Gasteiger partial charge in [-0.2, -0.15) is 0 Å². The van der Waals surface area contributed by atoms with Crippen LogP contribution in [0, 0.1) is 23.2 Å². The molecule has 166 valence electrons. The third-order valence-corrected chi connectivity index (χ3v) is 6.58. The van der Waals surface area contributed by atoms with Crippen molar-refractivity contribution in [3.05, 3.63) is 60.2 Å². The van der Waals surface area contributed by atoms with Crippen molar-refractivity contribution < 1.29 is 9.53 Å². The van der Waals surface area contributed by atoms with Gasteiger partial charge in [-0.05, 0) is 68.1 Å². The summed E-state index contributed by atoms with van der Waals surface area (Å²) < 4.78 is 5.33. The Kier molecular flexibility index (Phi) is 8.69. The molecule has 1 atom stereocenters. The van der Waals surface area contributed by atoms with Crippen LogP contribution < -0.4 is 10.1 Å². The van der Waals surface area contributed by atoms with E-state index in [4.69, 9.17) is 10.1 Å². The molecule has 1 aliphatic carbocycles. The van der Waals surface area contributed by atoms with Crippen LogP contribution in [-0.2, 0) is 11.2 Å². The molecule has 3 rings (SSSR count). The molecule has 0 radical (unpaired) electrons. The summed E-state index contributed by atoms with van der Waals surface area (Å²) in [5, 5.41) is 11.7. The lowest BCUT2D eigenvalue weighted by atomic mass is 9.71. The van der Waals surface area contributed by atoms with Gasteiger partial charge in [0, 0.05) is 18.1 Å². The van der Waals surface area contributed by atoms with E-state index in [0.29, 0.717) is 29.9 Å². The number of benzene rings is 2. The van der Waals surface area contributed by atoms with Crippen LogP contribution in [0.1, 0.15) is 57.4 Å². The zero-order valence-corrected chi connectivity index (χ0v) is 18.9. The largest absolute Gasteiger partial charge is 0.495 e. The maximum atomic E-state index is 12.6.